The van der Waals surface area contributed by atoms with Crippen molar-refractivity contribution in [3.05, 3.63) is 59.7 Å². The standard InChI is InChI=1S/C14H12O3.Na.H/c1-10-7-8-11(14(15)16)9-13(10)17-12-5-3-2-4-6-12;;/h2-9H,1H3,(H,15,16);;/q;+1;-1. The molecule has 0 saturated heterocycles. The van der Waals surface area contributed by atoms with Gasteiger partial charge in [-0.2, -0.15) is 0 Å². The van der Waals surface area contributed by atoms with E-state index >= 15 is 0 Å². The molecule has 0 aliphatic heterocycles. The molecule has 0 heterocycles. The van der Waals surface area contributed by atoms with Crippen LogP contribution < -0.4 is 34.3 Å². The van der Waals surface area contributed by atoms with Gasteiger partial charge < -0.3 is 11.3 Å². The zero-order valence-corrected chi connectivity index (χ0v) is 12.4. The number of carboxylic acids is 1. The van der Waals surface area contributed by atoms with Crippen LogP contribution in [0.5, 0.6) is 11.5 Å². The largest absolute Gasteiger partial charge is 1.00 e. The Kier molecular flexibility index (Phi) is 5.41. The molecule has 0 aliphatic rings. The Labute approximate surface area is 129 Å². The average Bonchev–Trinajstić information content (AvgIpc) is 2.33. The normalized spacial score (nSPS) is 9.39. The topological polar surface area (TPSA) is 46.5 Å². The molecule has 0 saturated carbocycles. The quantitative estimate of drug-likeness (QED) is 0.814. The predicted octanol–water partition coefficient (Wildman–Crippen LogP) is 0.602. The van der Waals surface area contributed by atoms with Crippen molar-refractivity contribution in [2.45, 2.75) is 6.92 Å². The maximum atomic E-state index is 10.9. The van der Waals surface area contributed by atoms with Crippen LogP contribution >= 0.6 is 0 Å². The van der Waals surface area contributed by atoms with E-state index in [1.54, 1.807) is 12.1 Å². The summed E-state index contributed by atoms with van der Waals surface area (Å²) in [5, 5.41) is 8.91. The van der Waals surface area contributed by atoms with Gasteiger partial charge >= 0.3 is 35.5 Å². The Morgan fingerprint density at radius 1 is 1.17 bits per heavy atom. The molecule has 18 heavy (non-hydrogen) atoms. The fraction of sp³-hybridized carbons (Fsp3) is 0.0714. The minimum atomic E-state index is -0.956. The number of aromatic carboxylic acids is 1. The summed E-state index contributed by atoms with van der Waals surface area (Å²) in [6.45, 7) is 1.88. The Morgan fingerprint density at radius 2 is 1.83 bits per heavy atom. The molecule has 2 rings (SSSR count). The first-order valence-corrected chi connectivity index (χ1v) is 5.23. The van der Waals surface area contributed by atoms with Crippen LogP contribution in [-0.4, -0.2) is 11.1 Å². The summed E-state index contributed by atoms with van der Waals surface area (Å²) in [6, 6.07) is 14.1. The molecule has 0 spiro atoms. The van der Waals surface area contributed by atoms with E-state index in [9.17, 15) is 4.79 Å². The van der Waals surface area contributed by atoms with Crippen molar-refractivity contribution in [2.75, 3.05) is 0 Å². The third kappa shape index (κ3) is 3.60. The van der Waals surface area contributed by atoms with Crippen molar-refractivity contribution in [3.63, 3.8) is 0 Å². The van der Waals surface area contributed by atoms with Gasteiger partial charge in [0.2, 0.25) is 0 Å². The van der Waals surface area contributed by atoms with Crippen molar-refractivity contribution < 1.29 is 45.6 Å². The van der Waals surface area contributed by atoms with Crippen LogP contribution in [0, 0.1) is 6.92 Å². The van der Waals surface area contributed by atoms with Gasteiger partial charge in [0.1, 0.15) is 11.5 Å². The van der Waals surface area contributed by atoms with Crippen LogP contribution in [0.4, 0.5) is 0 Å². The van der Waals surface area contributed by atoms with Gasteiger partial charge in [0, 0.05) is 0 Å². The molecule has 0 aliphatic carbocycles. The molecule has 88 valence electrons. The van der Waals surface area contributed by atoms with Gasteiger partial charge in [-0.25, -0.2) is 4.79 Å². The van der Waals surface area contributed by atoms with E-state index in [0.29, 0.717) is 11.5 Å². The molecule has 3 nitrogen and oxygen atoms in total. The van der Waals surface area contributed by atoms with Gasteiger partial charge in [0.05, 0.1) is 5.56 Å². The summed E-state index contributed by atoms with van der Waals surface area (Å²) in [5.41, 5.74) is 1.13. The van der Waals surface area contributed by atoms with Crippen molar-refractivity contribution in [1.29, 1.82) is 0 Å². The number of hydrogen-bond donors (Lipinski definition) is 1. The van der Waals surface area contributed by atoms with Gasteiger partial charge in [0.25, 0.3) is 0 Å². The van der Waals surface area contributed by atoms with Crippen LogP contribution in [0.1, 0.15) is 17.3 Å². The monoisotopic (exact) mass is 252 g/mol. The molecule has 1 N–H and O–H groups in total. The van der Waals surface area contributed by atoms with E-state index in [2.05, 4.69) is 0 Å². The van der Waals surface area contributed by atoms with E-state index < -0.39 is 5.97 Å². The fourth-order valence-electron chi connectivity index (χ4n) is 1.46. The van der Waals surface area contributed by atoms with Gasteiger partial charge in [0.15, 0.2) is 0 Å². The fourth-order valence-corrected chi connectivity index (χ4v) is 1.46. The van der Waals surface area contributed by atoms with Crippen LogP contribution in [0.25, 0.3) is 0 Å². The summed E-state index contributed by atoms with van der Waals surface area (Å²) in [4.78, 5) is 10.9. The van der Waals surface area contributed by atoms with E-state index in [-0.39, 0.29) is 36.5 Å². The number of carboxylic acid groups (broad SMARTS) is 1. The second-order valence-corrected chi connectivity index (χ2v) is 3.70. The smallest absolute Gasteiger partial charge is 1.00 e. The first kappa shape index (κ1) is 14.8. The summed E-state index contributed by atoms with van der Waals surface area (Å²) >= 11 is 0. The maximum Gasteiger partial charge on any atom is 1.00 e. The number of hydrogen-bond acceptors (Lipinski definition) is 2. The minimum absolute atomic E-state index is 0. The second-order valence-electron chi connectivity index (χ2n) is 3.70. The first-order chi connectivity index (χ1) is 8.16. The zero-order chi connectivity index (χ0) is 12.3. The van der Waals surface area contributed by atoms with Gasteiger partial charge in [-0.15, -0.1) is 0 Å². The number of para-hydroxylation sites is 1. The molecule has 0 amide bonds. The molecule has 0 fully saturated rings. The maximum absolute atomic E-state index is 10.9. The summed E-state index contributed by atoms with van der Waals surface area (Å²) in [7, 11) is 0. The third-order valence-electron chi connectivity index (χ3n) is 2.41. The molecular formula is C14H13NaO3. The molecule has 4 heteroatoms. The summed E-state index contributed by atoms with van der Waals surface area (Å²) < 4.78 is 5.64. The number of rotatable bonds is 3. The molecule has 2 aromatic carbocycles. The minimum Gasteiger partial charge on any atom is -1.00 e. The Morgan fingerprint density at radius 3 is 2.44 bits per heavy atom. The van der Waals surface area contributed by atoms with Crippen LogP contribution in [0.15, 0.2) is 48.5 Å². The summed E-state index contributed by atoms with van der Waals surface area (Å²) in [5.74, 6) is 0.303. The third-order valence-corrected chi connectivity index (χ3v) is 2.41. The van der Waals surface area contributed by atoms with Gasteiger partial charge in [-0.05, 0) is 36.8 Å². The first-order valence-electron chi connectivity index (χ1n) is 5.23. The van der Waals surface area contributed by atoms with Crippen LogP contribution in [0.3, 0.4) is 0 Å². The van der Waals surface area contributed by atoms with E-state index in [1.165, 1.54) is 6.07 Å². The van der Waals surface area contributed by atoms with E-state index in [4.69, 9.17) is 9.84 Å². The molecule has 2 aromatic rings. The Balaban J connectivity index is 0.00000162. The Bertz CT molecular complexity index is 544. The number of aryl methyl sites for hydroxylation is 1. The molecular weight excluding hydrogens is 239 g/mol. The van der Waals surface area contributed by atoms with Crippen LogP contribution in [-0.2, 0) is 0 Å². The van der Waals surface area contributed by atoms with E-state index in [1.807, 2.05) is 37.3 Å². The van der Waals surface area contributed by atoms with Crippen molar-refractivity contribution >= 4 is 5.97 Å². The van der Waals surface area contributed by atoms with Crippen molar-refractivity contribution in [1.82, 2.24) is 0 Å². The zero-order valence-electron chi connectivity index (χ0n) is 11.4. The summed E-state index contributed by atoms with van der Waals surface area (Å²) in [6.07, 6.45) is 0. The van der Waals surface area contributed by atoms with Crippen molar-refractivity contribution in [3.8, 4) is 11.5 Å². The number of benzene rings is 2. The molecule has 0 aromatic heterocycles. The molecule has 0 atom stereocenters. The van der Waals surface area contributed by atoms with Gasteiger partial charge in [-0.1, -0.05) is 24.3 Å². The SMILES string of the molecule is Cc1ccc(C(=O)O)cc1Oc1ccccc1.[H-].[Na+]. The number of carbonyl (C=O) groups is 1. The van der Waals surface area contributed by atoms with Crippen LogP contribution in [0.2, 0.25) is 0 Å². The van der Waals surface area contributed by atoms with E-state index in [0.717, 1.165) is 5.56 Å². The molecule has 0 bridgehead atoms. The molecule has 0 radical (unpaired) electrons. The number of ether oxygens (including phenoxy) is 1. The average molecular weight is 252 g/mol. The van der Waals surface area contributed by atoms with Crippen molar-refractivity contribution in [2.24, 2.45) is 0 Å². The second kappa shape index (κ2) is 6.59. The Hall–Kier alpha value is -1.29. The molecule has 0 unspecified atom stereocenters. The predicted molar refractivity (Wildman–Crippen MR) is 65.8 cm³/mol. The van der Waals surface area contributed by atoms with Gasteiger partial charge in [-0.3, -0.25) is 0 Å².